The lowest BCUT2D eigenvalue weighted by Crippen LogP contribution is -2.52. The van der Waals surface area contributed by atoms with Crippen LogP contribution in [0, 0.1) is 6.92 Å². The third-order valence-corrected chi connectivity index (χ3v) is 4.03. The molecular weight excluding hydrogens is 292 g/mol. The minimum absolute atomic E-state index is 0.00240. The average Bonchev–Trinajstić information content (AvgIpc) is 3.07. The number of nitrogens with zero attached hydrogens (tertiary/aromatic N) is 4. The van der Waals surface area contributed by atoms with Crippen molar-refractivity contribution in [2.24, 2.45) is 0 Å². The minimum atomic E-state index is -0.0347. The fraction of sp³-hybridized carbons (Fsp3) is 0.353. The Bertz CT molecular complexity index is 679. The van der Waals surface area contributed by atoms with Crippen molar-refractivity contribution in [2.75, 3.05) is 24.5 Å². The van der Waals surface area contributed by atoms with Gasteiger partial charge in [0.1, 0.15) is 6.54 Å². The molecule has 6 nitrogen and oxygen atoms in total. The summed E-state index contributed by atoms with van der Waals surface area (Å²) in [7, 11) is 0. The maximum absolute atomic E-state index is 12.3. The van der Waals surface area contributed by atoms with Crippen molar-refractivity contribution in [3.05, 3.63) is 48.3 Å². The summed E-state index contributed by atoms with van der Waals surface area (Å²) in [5.41, 5.74) is 2.05. The number of carbonyl (C=O) groups is 2. The van der Waals surface area contributed by atoms with Gasteiger partial charge >= 0.3 is 0 Å². The maximum atomic E-state index is 12.3. The van der Waals surface area contributed by atoms with Gasteiger partial charge in [0, 0.05) is 44.1 Å². The summed E-state index contributed by atoms with van der Waals surface area (Å²) in [6, 6.07) is 9.70. The van der Waals surface area contributed by atoms with Crippen LogP contribution in [0.2, 0.25) is 0 Å². The standard InChI is InChI=1S/C17H20N4O2/c1-14-3-5-15(6-4-14)21-12-11-19(13-17(21)23)16(22)7-10-20-9-2-8-18-20/h2-6,8-9H,7,10-13H2,1H3. The first kappa shape index (κ1) is 15.3. The van der Waals surface area contributed by atoms with E-state index in [1.807, 2.05) is 43.5 Å². The van der Waals surface area contributed by atoms with Gasteiger partial charge < -0.3 is 9.80 Å². The molecule has 2 aromatic rings. The summed E-state index contributed by atoms with van der Waals surface area (Å²) in [6.07, 6.45) is 3.88. The zero-order valence-electron chi connectivity index (χ0n) is 13.2. The van der Waals surface area contributed by atoms with Crippen molar-refractivity contribution >= 4 is 17.5 Å². The van der Waals surface area contributed by atoms with Crippen LogP contribution in [0.25, 0.3) is 0 Å². The number of piperazine rings is 1. The summed E-state index contributed by atoms with van der Waals surface area (Å²) < 4.78 is 1.72. The van der Waals surface area contributed by atoms with Crippen molar-refractivity contribution in [1.29, 1.82) is 0 Å². The number of anilines is 1. The number of hydrogen-bond donors (Lipinski definition) is 0. The predicted molar refractivity (Wildman–Crippen MR) is 87.0 cm³/mol. The second-order valence-corrected chi connectivity index (χ2v) is 5.72. The molecule has 6 heteroatoms. The third-order valence-electron chi connectivity index (χ3n) is 4.03. The molecule has 2 heterocycles. The zero-order chi connectivity index (χ0) is 16.2. The Kier molecular flexibility index (Phi) is 4.41. The van der Waals surface area contributed by atoms with E-state index in [1.54, 1.807) is 20.7 Å². The molecule has 0 atom stereocenters. The molecule has 1 aliphatic heterocycles. The van der Waals surface area contributed by atoms with Crippen molar-refractivity contribution < 1.29 is 9.59 Å². The summed E-state index contributed by atoms with van der Waals surface area (Å²) in [5.74, 6) is -0.0371. The van der Waals surface area contributed by atoms with Crippen molar-refractivity contribution in [3.8, 4) is 0 Å². The van der Waals surface area contributed by atoms with E-state index in [1.165, 1.54) is 0 Å². The van der Waals surface area contributed by atoms with Crippen LogP contribution in [0.3, 0.4) is 0 Å². The minimum Gasteiger partial charge on any atom is -0.332 e. The van der Waals surface area contributed by atoms with E-state index < -0.39 is 0 Å². The molecule has 0 N–H and O–H groups in total. The molecule has 1 aromatic carbocycles. The Labute approximate surface area is 135 Å². The predicted octanol–water partition coefficient (Wildman–Crippen LogP) is 1.46. The molecular formula is C17H20N4O2. The molecule has 2 amide bonds. The van der Waals surface area contributed by atoms with E-state index in [-0.39, 0.29) is 18.4 Å². The number of carbonyl (C=O) groups excluding carboxylic acids is 2. The van der Waals surface area contributed by atoms with Crippen LogP contribution >= 0.6 is 0 Å². The molecule has 23 heavy (non-hydrogen) atoms. The highest BCUT2D eigenvalue weighted by atomic mass is 16.2. The highest BCUT2D eigenvalue weighted by Crippen LogP contribution is 2.18. The molecule has 0 unspecified atom stereocenters. The molecule has 0 bridgehead atoms. The molecule has 0 aliphatic carbocycles. The Morgan fingerprint density at radius 3 is 2.65 bits per heavy atom. The van der Waals surface area contributed by atoms with Crippen LogP contribution in [-0.2, 0) is 16.1 Å². The number of hydrogen-bond acceptors (Lipinski definition) is 3. The van der Waals surface area contributed by atoms with Gasteiger partial charge in [-0.2, -0.15) is 5.10 Å². The summed E-state index contributed by atoms with van der Waals surface area (Å²) >= 11 is 0. The Balaban J connectivity index is 1.56. The zero-order valence-corrected chi connectivity index (χ0v) is 13.2. The monoisotopic (exact) mass is 312 g/mol. The van der Waals surface area contributed by atoms with Gasteiger partial charge in [0.05, 0.1) is 0 Å². The fourth-order valence-electron chi connectivity index (χ4n) is 2.68. The topological polar surface area (TPSA) is 58.4 Å². The maximum Gasteiger partial charge on any atom is 0.246 e. The number of benzene rings is 1. The van der Waals surface area contributed by atoms with E-state index in [0.29, 0.717) is 26.1 Å². The number of amides is 2. The van der Waals surface area contributed by atoms with Gasteiger partial charge in [-0.05, 0) is 25.1 Å². The van der Waals surface area contributed by atoms with Crippen LogP contribution in [0.4, 0.5) is 5.69 Å². The van der Waals surface area contributed by atoms with Crippen LogP contribution in [0.5, 0.6) is 0 Å². The van der Waals surface area contributed by atoms with Crippen LogP contribution in [0.1, 0.15) is 12.0 Å². The van der Waals surface area contributed by atoms with Crippen molar-refractivity contribution in [2.45, 2.75) is 19.9 Å². The number of aryl methyl sites for hydroxylation is 2. The van der Waals surface area contributed by atoms with E-state index in [9.17, 15) is 9.59 Å². The summed E-state index contributed by atoms with van der Waals surface area (Å²) in [5, 5.41) is 4.08. The van der Waals surface area contributed by atoms with Crippen molar-refractivity contribution in [3.63, 3.8) is 0 Å². The van der Waals surface area contributed by atoms with Crippen LogP contribution in [0.15, 0.2) is 42.7 Å². The Morgan fingerprint density at radius 2 is 2.00 bits per heavy atom. The second-order valence-electron chi connectivity index (χ2n) is 5.72. The van der Waals surface area contributed by atoms with Gasteiger partial charge in [0.25, 0.3) is 0 Å². The lowest BCUT2D eigenvalue weighted by atomic mass is 10.2. The van der Waals surface area contributed by atoms with E-state index in [0.717, 1.165) is 11.3 Å². The van der Waals surface area contributed by atoms with E-state index in [4.69, 9.17) is 0 Å². The first-order chi connectivity index (χ1) is 11.1. The number of aromatic nitrogens is 2. The Hall–Kier alpha value is -2.63. The Morgan fingerprint density at radius 1 is 1.22 bits per heavy atom. The molecule has 0 saturated carbocycles. The second kappa shape index (κ2) is 6.64. The first-order valence-corrected chi connectivity index (χ1v) is 7.76. The highest BCUT2D eigenvalue weighted by molar-refractivity contribution is 5.97. The molecule has 1 aromatic heterocycles. The molecule has 120 valence electrons. The first-order valence-electron chi connectivity index (χ1n) is 7.76. The largest absolute Gasteiger partial charge is 0.332 e. The average molecular weight is 312 g/mol. The lowest BCUT2D eigenvalue weighted by molar-refractivity contribution is -0.137. The SMILES string of the molecule is Cc1ccc(N2CCN(C(=O)CCn3cccn3)CC2=O)cc1. The lowest BCUT2D eigenvalue weighted by Gasteiger charge is -2.34. The van der Waals surface area contributed by atoms with Gasteiger partial charge in [-0.25, -0.2) is 0 Å². The third kappa shape index (κ3) is 3.59. The molecule has 0 radical (unpaired) electrons. The molecule has 1 fully saturated rings. The van der Waals surface area contributed by atoms with E-state index in [2.05, 4.69) is 5.10 Å². The molecule has 1 aliphatic rings. The van der Waals surface area contributed by atoms with E-state index >= 15 is 0 Å². The van der Waals surface area contributed by atoms with Gasteiger partial charge in [0.2, 0.25) is 11.8 Å². The molecule has 3 rings (SSSR count). The quantitative estimate of drug-likeness (QED) is 0.859. The normalized spacial score (nSPS) is 15.1. The molecule has 1 saturated heterocycles. The summed E-state index contributed by atoms with van der Waals surface area (Å²) in [6.45, 7) is 3.80. The number of rotatable bonds is 4. The highest BCUT2D eigenvalue weighted by Gasteiger charge is 2.27. The van der Waals surface area contributed by atoms with Gasteiger partial charge in [-0.15, -0.1) is 0 Å². The smallest absolute Gasteiger partial charge is 0.246 e. The van der Waals surface area contributed by atoms with Crippen LogP contribution in [-0.4, -0.2) is 46.1 Å². The summed E-state index contributed by atoms with van der Waals surface area (Å²) in [4.78, 5) is 28.0. The van der Waals surface area contributed by atoms with Crippen molar-refractivity contribution in [1.82, 2.24) is 14.7 Å². The molecule has 0 spiro atoms. The van der Waals surface area contributed by atoms with Gasteiger partial charge in [-0.3, -0.25) is 14.3 Å². The van der Waals surface area contributed by atoms with Crippen LogP contribution < -0.4 is 4.90 Å². The fourth-order valence-corrected chi connectivity index (χ4v) is 2.68. The van der Waals surface area contributed by atoms with Gasteiger partial charge in [-0.1, -0.05) is 17.7 Å². The van der Waals surface area contributed by atoms with Gasteiger partial charge in [0.15, 0.2) is 0 Å².